The number of hydrogen-bond acceptors (Lipinski definition) is 12. The van der Waals surface area contributed by atoms with Gasteiger partial charge in [-0.3, -0.25) is 28.8 Å². The SMILES string of the molecule is C.C.C.CC.CCl.Cc1c(C(=O)N(C)c2ccc3sc4ccccc4c(=O)c3c2)sc2ccccc12.Cn1c(=O)c2sc3ccccc3c2c2c3c(=O)c4ccccc4sc3ccc21.Cn1c(=O)c2sc3ccccc3c2c2cc3sc4ccccc4c(=O)c3cc21. The molecule has 17 rings (SSSR count). The predicted molar refractivity (Wildman–Crippen MR) is 411 cm³/mol. The maximum Gasteiger partial charge on any atom is 0.268 e. The van der Waals surface area contributed by atoms with Crippen molar-refractivity contribution in [1.29, 1.82) is 0 Å². The molecule has 0 saturated heterocycles. The van der Waals surface area contributed by atoms with Crippen molar-refractivity contribution in [3.05, 3.63) is 250 Å². The van der Waals surface area contributed by atoms with Gasteiger partial charge in [0.15, 0.2) is 16.3 Å². The molecule has 0 bridgehead atoms. The molecule has 0 unspecified atom stereocenters. The van der Waals surface area contributed by atoms with Gasteiger partial charge in [-0.25, -0.2) is 0 Å². The fourth-order valence-electron chi connectivity index (χ4n) is 11.8. The van der Waals surface area contributed by atoms with Crippen molar-refractivity contribution in [2.45, 2.75) is 43.1 Å². The molecule has 0 atom stereocenters. The Hall–Kier alpha value is -8.77. The summed E-state index contributed by atoms with van der Waals surface area (Å²) in [6.45, 7) is 5.99. The van der Waals surface area contributed by atoms with Crippen molar-refractivity contribution in [1.82, 2.24) is 9.13 Å². The van der Waals surface area contributed by atoms with Crippen LogP contribution in [0.5, 0.6) is 0 Å². The lowest BCUT2D eigenvalue weighted by Gasteiger charge is -2.17. The molecule has 462 valence electrons. The molecule has 0 aliphatic heterocycles. The van der Waals surface area contributed by atoms with E-state index in [1.54, 1.807) is 69.2 Å². The van der Waals surface area contributed by atoms with E-state index in [0.29, 0.717) is 20.9 Å². The molecule has 0 aliphatic carbocycles. The molecule has 0 fully saturated rings. The van der Waals surface area contributed by atoms with Crippen LogP contribution in [0.15, 0.2) is 212 Å². The molecule has 17 aromatic rings. The van der Waals surface area contributed by atoms with Crippen LogP contribution in [-0.4, -0.2) is 28.5 Å². The van der Waals surface area contributed by atoms with Crippen LogP contribution in [0.3, 0.4) is 0 Å². The number of halogens is 1. The van der Waals surface area contributed by atoms with Gasteiger partial charge in [0.1, 0.15) is 9.40 Å². The van der Waals surface area contributed by atoms with Crippen molar-refractivity contribution in [3.8, 4) is 0 Å². The zero-order valence-electron chi connectivity index (χ0n) is 49.0. The van der Waals surface area contributed by atoms with E-state index in [1.807, 2.05) is 191 Å². The van der Waals surface area contributed by atoms with E-state index in [4.69, 9.17) is 0 Å². The van der Waals surface area contributed by atoms with E-state index in [2.05, 4.69) is 29.8 Å². The number of pyridine rings is 2. The van der Waals surface area contributed by atoms with Gasteiger partial charge in [0.25, 0.3) is 17.0 Å². The summed E-state index contributed by atoms with van der Waals surface area (Å²) in [5.41, 5.74) is 3.36. The van der Waals surface area contributed by atoms with Gasteiger partial charge < -0.3 is 14.0 Å². The van der Waals surface area contributed by atoms with Crippen LogP contribution in [0.2, 0.25) is 0 Å². The van der Waals surface area contributed by atoms with Gasteiger partial charge in [-0.15, -0.1) is 79.6 Å². The number of benzene rings is 9. The lowest BCUT2D eigenvalue weighted by molar-refractivity contribution is 0.0996. The first-order chi connectivity index (χ1) is 43.3. The van der Waals surface area contributed by atoms with Crippen LogP contribution in [-0.2, 0) is 14.1 Å². The first-order valence-electron chi connectivity index (χ1n) is 28.5. The lowest BCUT2D eigenvalue weighted by Crippen LogP contribution is -2.26. The fourth-order valence-corrected chi connectivity index (χ4v) is 18.6. The van der Waals surface area contributed by atoms with Crippen LogP contribution in [0, 0.1) is 6.92 Å². The maximum atomic E-state index is 13.5. The number of carbonyl (C=O) groups excluding carboxylic acids is 1. The molecule has 0 spiro atoms. The number of nitrogens with zero attached hydrogens (tertiary/aromatic N) is 3. The lowest BCUT2D eigenvalue weighted by atomic mass is 10.0. The van der Waals surface area contributed by atoms with Gasteiger partial charge >= 0.3 is 0 Å². The summed E-state index contributed by atoms with van der Waals surface area (Å²) in [6, 6.07) is 60.9. The van der Waals surface area contributed by atoms with Crippen molar-refractivity contribution in [2.24, 2.45) is 14.1 Å². The number of aryl methyl sites for hydroxylation is 3. The van der Waals surface area contributed by atoms with Crippen molar-refractivity contribution in [3.63, 3.8) is 0 Å². The number of fused-ring (bicyclic) bond motifs is 18. The van der Waals surface area contributed by atoms with Crippen molar-refractivity contribution in [2.75, 3.05) is 18.3 Å². The van der Waals surface area contributed by atoms with Crippen molar-refractivity contribution < 1.29 is 4.79 Å². The third kappa shape index (κ3) is 10.9. The van der Waals surface area contributed by atoms with Gasteiger partial charge in [0.2, 0.25) is 0 Å². The van der Waals surface area contributed by atoms with E-state index in [1.165, 1.54) is 40.4 Å². The van der Waals surface area contributed by atoms with Gasteiger partial charge in [-0.2, -0.15) is 0 Å². The number of thiophene rings is 3. The molecule has 9 aromatic carbocycles. The number of alkyl halides is 1. The highest BCUT2D eigenvalue weighted by Gasteiger charge is 2.23. The molecule has 16 heteroatoms. The number of carbonyl (C=O) groups is 1. The van der Waals surface area contributed by atoms with Gasteiger partial charge in [-0.1, -0.05) is 127 Å². The second-order valence-corrected chi connectivity index (χ2v) is 27.3. The summed E-state index contributed by atoms with van der Waals surface area (Å²) in [4.78, 5) is 81.3. The summed E-state index contributed by atoms with van der Waals surface area (Å²) < 4.78 is 13.9. The highest BCUT2D eigenvalue weighted by atomic mass is 35.5. The Bertz CT molecular complexity index is 6070. The number of amides is 1. The Morgan fingerprint density at radius 3 is 1.29 bits per heavy atom. The summed E-state index contributed by atoms with van der Waals surface area (Å²) in [5, 5.41) is 11.3. The van der Waals surface area contributed by atoms with Gasteiger partial charge in [0, 0.05) is 140 Å². The standard InChI is InChI=1S/C24H17NO2S2.2C23H13NO2S2.C2H6.CH3Cl.3CH4/c1-14-16-7-3-5-9-19(16)29-23(14)24(27)25(2)15-11-12-21-18(13-15)22(26)17-8-4-6-10-20(17)28-21;1-24-16-10-15-19(27-18-9-5-3-7-13(18)21(15)25)11-14(16)20-12-6-2-4-8-17(12)28-22(20)23(24)26;1-24-14-10-11-17-20(21(25)13-7-3-5-9-16(13)27-17)19(14)18-12-6-2-4-8-15(12)28-22(18)23(24)26;2*1-2;;;/h3-13H,1-2H3;2*2-11H,1H3;1-2H3;1H3;3*1H4. The van der Waals surface area contributed by atoms with Crippen LogP contribution in [0.1, 0.15) is 51.4 Å². The molecule has 8 heterocycles. The molecule has 8 aromatic heterocycles. The molecule has 1 amide bonds. The highest BCUT2D eigenvalue weighted by Crippen LogP contribution is 2.42. The molecule has 92 heavy (non-hydrogen) atoms. The first kappa shape index (κ1) is 66.2. The van der Waals surface area contributed by atoms with E-state index < -0.39 is 0 Å². The highest BCUT2D eigenvalue weighted by molar-refractivity contribution is 7.27. The summed E-state index contributed by atoms with van der Waals surface area (Å²) in [5.74, 6) is -0.0556. The number of anilines is 1. The Morgan fingerprint density at radius 2 is 0.761 bits per heavy atom. The zero-order valence-corrected chi connectivity index (χ0v) is 54.7. The van der Waals surface area contributed by atoms with E-state index in [9.17, 15) is 28.8 Å². The number of rotatable bonds is 2. The minimum absolute atomic E-state index is 0. The average Bonchev–Trinajstić information content (AvgIpc) is 1.36. The van der Waals surface area contributed by atoms with Gasteiger partial charge in [-0.05, 0) is 115 Å². The van der Waals surface area contributed by atoms with Crippen LogP contribution in [0.25, 0.3) is 133 Å². The second kappa shape index (κ2) is 26.8. The summed E-state index contributed by atoms with van der Waals surface area (Å²) in [6.07, 6.45) is 1.47. The Balaban J connectivity index is 0.000000145. The molecular weight excluding hydrogens is 1280 g/mol. The van der Waals surface area contributed by atoms with Gasteiger partial charge in [0.05, 0.1) is 15.9 Å². The summed E-state index contributed by atoms with van der Waals surface area (Å²) in [7, 11) is 5.34. The predicted octanol–water partition coefficient (Wildman–Crippen LogP) is 21.3. The molecule has 9 nitrogen and oxygen atoms in total. The Kier molecular flexibility index (Phi) is 19.3. The number of aromatic nitrogens is 2. The van der Waals surface area contributed by atoms with Crippen LogP contribution in [0.4, 0.5) is 5.69 Å². The monoisotopic (exact) mass is 1340 g/mol. The quantitative estimate of drug-likeness (QED) is 0.0967. The molecule has 0 aliphatic rings. The topological polar surface area (TPSA) is 116 Å². The third-order valence-electron chi connectivity index (χ3n) is 16.1. The Labute approximate surface area is 558 Å². The molecular formula is C76H64ClN3O6S6. The molecule has 0 radical (unpaired) electrons. The normalized spacial score (nSPS) is 11.0. The molecule has 0 saturated carbocycles. The van der Waals surface area contributed by atoms with E-state index in [-0.39, 0.29) is 55.6 Å². The maximum absolute atomic E-state index is 13.5. The van der Waals surface area contributed by atoms with E-state index >= 15 is 0 Å². The number of hydrogen-bond donors (Lipinski definition) is 0. The zero-order chi connectivity index (χ0) is 62.1. The first-order valence-corrected chi connectivity index (χ1v) is 34.2. The minimum atomic E-state index is -0.0556. The average molecular weight is 1340 g/mol. The van der Waals surface area contributed by atoms with Crippen LogP contribution < -0.4 is 32.3 Å². The summed E-state index contributed by atoms with van der Waals surface area (Å²) >= 11 is 14.0. The van der Waals surface area contributed by atoms with E-state index in [0.717, 1.165) is 128 Å². The fraction of sp³-hybridized carbons (Fsp3) is 0.132. The third-order valence-corrected chi connectivity index (χ3v) is 23.1. The minimum Gasteiger partial charge on any atom is -0.311 e. The second-order valence-electron chi connectivity index (χ2n) is 20.9. The van der Waals surface area contributed by atoms with Crippen LogP contribution >= 0.6 is 79.6 Å². The largest absolute Gasteiger partial charge is 0.311 e. The molecule has 0 N–H and O–H groups in total. The smallest absolute Gasteiger partial charge is 0.268 e. The Morgan fingerprint density at radius 1 is 0.370 bits per heavy atom. The van der Waals surface area contributed by atoms with Crippen molar-refractivity contribution >= 4 is 224 Å².